The lowest BCUT2D eigenvalue weighted by atomic mass is 10.7. The molecule has 0 unspecified atom stereocenters. The zero-order valence-corrected chi connectivity index (χ0v) is 2.76. The van der Waals surface area contributed by atoms with Crippen LogP contribution in [0.5, 0.6) is 0 Å². The van der Waals surface area contributed by atoms with Gasteiger partial charge in [0.25, 0.3) is 0 Å². The molecule has 3 heteroatoms. The van der Waals surface area contributed by atoms with E-state index in [-0.39, 0.29) is 0 Å². The van der Waals surface area contributed by atoms with Gasteiger partial charge in [-0.1, -0.05) is 5.22 Å². The summed E-state index contributed by atoms with van der Waals surface area (Å²) in [6, 6.07) is 0. The minimum absolute atomic E-state index is 0.792. The van der Waals surface area contributed by atoms with E-state index in [1.54, 1.807) is 0 Å². The van der Waals surface area contributed by atoms with Gasteiger partial charge in [0.1, 0.15) is 0 Å². The smallest absolute Gasteiger partial charge is 0.0835 e. The average molecular weight is 70.1 g/mol. The molecule has 0 fully saturated rings. The quantitative estimate of drug-likeness (QED) is 0.384. The Labute approximate surface area is 30.1 Å². The maximum atomic E-state index is 3.54. The molecule has 1 rings (SSSR count). The van der Waals surface area contributed by atoms with Gasteiger partial charge in [0, 0.05) is 0 Å². The van der Waals surface area contributed by atoms with E-state index in [0.29, 0.717) is 0 Å². The first-order valence-electron chi connectivity index (χ1n) is 1.53. The van der Waals surface area contributed by atoms with E-state index in [2.05, 4.69) is 15.8 Å². The van der Waals surface area contributed by atoms with Gasteiger partial charge in [0.2, 0.25) is 0 Å². The van der Waals surface area contributed by atoms with Gasteiger partial charge < -0.3 is 0 Å². The fraction of sp³-hybridized carbons (Fsp3) is 1.00. The van der Waals surface area contributed by atoms with Gasteiger partial charge in [-0.15, -0.1) is 0 Å². The van der Waals surface area contributed by atoms with E-state index in [1.807, 2.05) is 0 Å². The molecule has 0 spiro atoms. The van der Waals surface area contributed by atoms with E-state index in [0.717, 1.165) is 13.1 Å². The van der Waals surface area contributed by atoms with E-state index in [1.165, 1.54) is 0 Å². The molecule has 1 radical (unpaired) electrons. The Morgan fingerprint density at radius 3 is 2.40 bits per heavy atom. The number of hydrogen-bond acceptors (Lipinski definition) is 2. The second kappa shape index (κ2) is 1.01. The predicted molar refractivity (Wildman–Crippen MR) is 16.7 cm³/mol. The summed E-state index contributed by atoms with van der Waals surface area (Å²) >= 11 is 0. The molecule has 1 aliphatic rings. The van der Waals surface area contributed by atoms with Gasteiger partial charge >= 0.3 is 0 Å². The Balaban J connectivity index is 2.32. The second-order valence-electron chi connectivity index (χ2n) is 0.819. The lowest BCUT2D eigenvalue weighted by molar-refractivity contribution is 0.809. The predicted octanol–water partition coefficient (Wildman–Crippen LogP) is -0.0284. The van der Waals surface area contributed by atoms with Crippen molar-refractivity contribution in [1.82, 2.24) is 5.43 Å². The molecule has 3 nitrogen and oxygen atoms in total. The van der Waals surface area contributed by atoms with Crippen LogP contribution >= 0.6 is 0 Å². The molecule has 0 atom stereocenters. The van der Waals surface area contributed by atoms with Crippen LogP contribution in [0.25, 0.3) is 0 Å². The Hall–Kier alpha value is -0.600. The van der Waals surface area contributed by atoms with E-state index >= 15 is 0 Å². The van der Waals surface area contributed by atoms with Crippen LogP contribution in [0.4, 0.5) is 0 Å². The number of rotatable bonds is 0. The highest BCUT2D eigenvalue weighted by Crippen LogP contribution is 1.79. The molecule has 0 aromatic carbocycles. The minimum Gasteiger partial charge on any atom is -0.167 e. The van der Waals surface area contributed by atoms with Crippen molar-refractivity contribution in [1.29, 1.82) is 0 Å². The van der Waals surface area contributed by atoms with E-state index in [9.17, 15) is 0 Å². The van der Waals surface area contributed by atoms with Crippen molar-refractivity contribution < 1.29 is 0 Å². The molecular weight excluding hydrogens is 66.0 g/mol. The third-order valence-electron chi connectivity index (χ3n) is 0.426. The molecule has 0 amide bonds. The lowest BCUT2D eigenvalue weighted by Crippen LogP contribution is -1.90. The Morgan fingerprint density at radius 2 is 2.20 bits per heavy atom. The average Bonchev–Trinajstić information content (AvgIpc) is 1.76. The highest BCUT2D eigenvalue weighted by Gasteiger charge is 1.87. The second-order valence-corrected chi connectivity index (χ2v) is 0.819. The lowest BCUT2D eigenvalue weighted by Gasteiger charge is -1.66. The van der Waals surface area contributed by atoms with Crippen molar-refractivity contribution in [2.75, 3.05) is 13.1 Å². The van der Waals surface area contributed by atoms with Gasteiger partial charge in [0.15, 0.2) is 0 Å². The summed E-state index contributed by atoms with van der Waals surface area (Å²) < 4.78 is 0. The van der Waals surface area contributed by atoms with Gasteiger partial charge in [-0.05, 0) is 0 Å². The minimum atomic E-state index is 0.792. The molecule has 0 saturated carbocycles. The van der Waals surface area contributed by atoms with Crippen LogP contribution < -0.4 is 5.43 Å². The molecule has 5 heavy (non-hydrogen) atoms. The van der Waals surface area contributed by atoms with Crippen LogP contribution in [0.2, 0.25) is 0 Å². The Kier molecular flexibility index (Phi) is 0.532. The summed E-state index contributed by atoms with van der Waals surface area (Å²) in [5.74, 6) is 0. The highest BCUT2D eigenvalue weighted by atomic mass is 15.5. The van der Waals surface area contributed by atoms with Crippen molar-refractivity contribution in [3.05, 3.63) is 0 Å². The summed E-state index contributed by atoms with van der Waals surface area (Å²) in [6.45, 7) is 1.58. The standard InChI is InChI=1S/C2H4N3/c1-2-4-5-3-1/h1-2H2. The molecule has 1 aliphatic heterocycles. The number of nitrogens with zero attached hydrogens (tertiary/aromatic N) is 3. The maximum absolute atomic E-state index is 3.54. The fourth-order valence-electron chi connectivity index (χ4n) is 0.224. The van der Waals surface area contributed by atoms with Crippen LogP contribution in [0.15, 0.2) is 10.3 Å². The third-order valence-corrected chi connectivity index (χ3v) is 0.426. The van der Waals surface area contributed by atoms with Crippen molar-refractivity contribution in [3.63, 3.8) is 0 Å². The van der Waals surface area contributed by atoms with Gasteiger partial charge in [0.05, 0.1) is 13.1 Å². The zero-order valence-electron chi connectivity index (χ0n) is 2.76. The molecule has 1 heterocycles. The molecule has 0 aromatic heterocycles. The summed E-state index contributed by atoms with van der Waals surface area (Å²) in [4.78, 5) is 0. The van der Waals surface area contributed by atoms with Gasteiger partial charge in [-0.2, -0.15) is 10.5 Å². The van der Waals surface area contributed by atoms with Crippen molar-refractivity contribution in [3.8, 4) is 0 Å². The summed E-state index contributed by atoms with van der Waals surface area (Å²) in [5, 5.41) is 6.88. The van der Waals surface area contributed by atoms with Crippen LogP contribution in [0, 0.1) is 0 Å². The Bertz CT molecular complexity index is 42.9. The van der Waals surface area contributed by atoms with E-state index in [4.69, 9.17) is 0 Å². The zero-order chi connectivity index (χ0) is 3.54. The maximum Gasteiger partial charge on any atom is 0.0835 e. The molecule has 0 saturated heterocycles. The largest absolute Gasteiger partial charge is 0.167 e. The Morgan fingerprint density at radius 1 is 1.20 bits per heavy atom. The SMILES string of the molecule is C1CN=N[N]1. The van der Waals surface area contributed by atoms with Crippen LogP contribution in [0.3, 0.4) is 0 Å². The normalized spacial score (nSPS) is 19.2. The topological polar surface area (TPSA) is 38.8 Å². The van der Waals surface area contributed by atoms with Crippen LogP contribution in [0.1, 0.15) is 0 Å². The van der Waals surface area contributed by atoms with Crippen LogP contribution in [-0.4, -0.2) is 13.1 Å². The van der Waals surface area contributed by atoms with Gasteiger partial charge in [-0.25, -0.2) is 0 Å². The summed E-state index contributed by atoms with van der Waals surface area (Å²) in [7, 11) is 0. The fourth-order valence-corrected chi connectivity index (χ4v) is 0.224. The molecule has 0 aromatic rings. The number of hydrogen-bond donors (Lipinski definition) is 0. The highest BCUT2D eigenvalue weighted by molar-refractivity contribution is 4.45. The monoisotopic (exact) mass is 70.0 g/mol. The third kappa shape index (κ3) is 0.344. The first kappa shape index (κ1) is 2.63. The van der Waals surface area contributed by atoms with Crippen LogP contribution in [-0.2, 0) is 0 Å². The van der Waals surface area contributed by atoms with Crippen molar-refractivity contribution in [2.24, 2.45) is 10.3 Å². The molecule has 0 aliphatic carbocycles. The summed E-state index contributed by atoms with van der Waals surface area (Å²) in [6.07, 6.45) is 0. The first-order chi connectivity index (χ1) is 2.50. The van der Waals surface area contributed by atoms with Crippen molar-refractivity contribution >= 4 is 0 Å². The summed E-state index contributed by atoms with van der Waals surface area (Å²) in [5.41, 5.74) is 3.54. The molecular formula is C2H4N3. The molecule has 0 N–H and O–H groups in total. The molecule has 0 bridgehead atoms. The van der Waals surface area contributed by atoms with Crippen molar-refractivity contribution in [2.45, 2.75) is 0 Å². The van der Waals surface area contributed by atoms with Gasteiger partial charge in [-0.3, -0.25) is 0 Å². The first-order valence-corrected chi connectivity index (χ1v) is 1.53. The van der Waals surface area contributed by atoms with E-state index < -0.39 is 0 Å². The molecule has 27 valence electrons.